The number of nitrogens with one attached hydrogen (secondary N) is 1. The molecule has 0 spiro atoms. The predicted molar refractivity (Wildman–Crippen MR) is 122 cm³/mol. The highest BCUT2D eigenvalue weighted by Gasteiger charge is 2.16. The highest BCUT2D eigenvalue weighted by Crippen LogP contribution is 2.27. The van der Waals surface area contributed by atoms with Crippen molar-refractivity contribution in [3.05, 3.63) is 77.1 Å². The van der Waals surface area contributed by atoms with Crippen molar-refractivity contribution in [1.29, 1.82) is 0 Å². The van der Waals surface area contributed by atoms with Gasteiger partial charge in [0.05, 0.1) is 17.3 Å². The number of hydrogen-bond donors (Lipinski definition) is 1. The third-order valence-corrected chi connectivity index (χ3v) is 4.72. The summed E-state index contributed by atoms with van der Waals surface area (Å²) in [6, 6.07) is 11.6. The summed E-state index contributed by atoms with van der Waals surface area (Å²) in [5.41, 5.74) is 1.08. The second kappa shape index (κ2) is 8.76. The molecule has 1 unspecified atom stereocenters. The molecule has 1 atom stereocenters. The molecule has 4 rings (SSSR count). The largest absolute Gasteiger partial charge is 0.452 e. The summed E-state index contributed by atoms with van der Waals surface area (Å²) in [7, 11) is 1.60. The number of amides is 1. The van der Waals surface area contributed by atoms with Gasteiger partial charge in [0.25, 0.3) is 15.8 Å². The molecule has 10 heteroatoms. The van der Waals surface area contributed by atoms with Crippen LogP contribution in [0.2, 0.25) is 0 Å². The van der Waals surface area contributed by atoms with Crippen LogP contribution in [-0.2, 0) is 7.05 Å². The average molecular weight is 531 g/mol. The van der Waals surface area contributed by atoms with E-state index in [-0.39, 0.29) is 11.3 Å². The number of carbonyl (C=O) groups excluding carboxylic acids is 1. The standard InChI is InChI=1S/C21H15FIN5O3/c1-28-18(12-4-2-5-13(10-12)31-21(22)23)27-17-14(20(28)30)6-3-7-15(17)26-19(29)16-11-24-8-9-25-16/h2-11,21H,1H3,(H,26,29). The fourth-order valence-electron chi connectivity index (χ4n) is 3.07. The van der Waals surface area contributed by atoms with Crippen LogP contribution >= 0.6 is 22.6 Å². The van der Waals surface area contributed by atoms with Crippen molar-refractivity contribution in [3.8, 4) is 17.1 Å². The number of aromatic nitrogens is 4. The number of fused-ring (bicyclic) bond motifs is 1. The molecule has 0 saturated heterocycles. The number of benzene rings is 2. The molecule has 2 heterocycles. The van der Waals surface area contributed by atoms with E-state index in [2.05, 4.69) is 20.3 Å². The van der Waals surface area contributed by atoms with Crippen LogP contribution in [0.15, 0.2) is 65.8 Å². The number of nitrogens with zero attached hydrogens (tertiary/aromatic N) is 4. The molecular formula is C21H15FIN5O3. The Morgan fingerprint density at radius 1 is 1.23 bits per heavy atom. The lowest BCUT2D eigenvalue weighted by Gasteiger charge is -2.13. The van der Waals surface area contributed by atoms with Gasteiger partial charge in [-0.2, -0.15) is 4.39 Å². The van der Waals surface area contributed by atoms with Gasteiger partial charge in [0.2, 0.25) is 0 Å². The minimum atomic E-state index is -1.51. The van der Waals surface area contributed by atoms with Crippen LogP contribution in [-0.4, -0.2) is 29.8 Å². The second-order valence-corrected chi connectivity index (χ2v) is 7.43. The zero-order chi connectivity index (χ0) is 22.0. The van der Waals surface area contributed by atoms with Gasteiger partial charge in [-0.05, 0) is 24.3 Å². The van der Waals surface area contributed by atoms with Crippen LogP contribution in [0.4, 0.5) is 10.1 Å². The molecule has 1 N–H and O–H groups in total. The molecule has 2 aromatic heterocycles. The smallest absolute Gasteiger partial charge is 0.288 e. The van der Waals surface area contributed by atoms with Gasteiger partial charge in [-0.3, -0.25) is 19.1 Å². The summed E-state index contributed by atoms with van der Waals surface area (Å²) in [4.78, 5) is 38.0. The molecule has 0 saturated carbocycles. The Labute approximate surface area is 189 Å². The lowest BCUT2D eigenvalue weighted by atomic mass is 10.1. The van der Waals surface area contributed by atoms with Crippen molar-refractivity contribution >= 4 is 45.1 Å². The Balaban J connectivity index is 1.82. The first kappa shape index (κ1) is 20.8. The van der Waals surface area contributed by atoms with E-state index in [1.807, 2.05) is 0 Å². The van der Waals surface area contributed by atoms with Crippen LogP contribution < -0.4 is 15.6 Å². The summed E-state index contributed by atoms with van der Waals surface area (Å²) < 4.78 is 18.2. The van der Waals surface area contributed by atoms with Gasteiger partial charge in [-0.15, -0.1) is 0 Å². The zero-order valence-electron chi connectivity index (χ0n) is 16.1. The topological polar surface area (TPSA) is 99.0 Å². The van der Waals surface area contributed by atoms with Crippen molar-refractivity contribution in [2.45, 2.75) is 4.36 Å². The lowest BCUT2D eigenvalue weighted by molar-refractivity contribution is 0.102. The van der Waals surface area contributed by atoms with Gasteiger partial charge in [-0.25, -0.2) is 9.97 Å². The molecule has 4 aromatic rings. The highest BCUT2D eigenvalue weighted by atomic mass is 127. The van der Waals surface area contributed by atoms with Gasteiger partial charge < -0.3 is 10.1 Å². The van der Waals surface area contributed by atoms with E-state index in [0.717, 1.165) is 0 Å². The minimum Gasteiger partial charge on any atom is -0.452 e. The number of carbonyl (C=O) groups is 1. The summed E-state index contributed by atoms with van der Waals surface area (Å²) in [6.45, 7) is 0. The van der Waals surface area contributed by atoms with Gasteiger partial charge in [0.15, 0.2) is 0 Å². The second-order valence-electron chi connectivity index (χ2n) is 6.45. The first-order valence-corrected chi connectivity index (χ1v) is 10.3. The number of halogens is 2. The minimum absolute atomic E-state index is 0.132. The molecule has 156 valence electrons. The third kappa shape index (κ3) is 4.38. The van der Waals surface area contributed by atoms with E-state index in [1.165, 1.54) is 45.7 Å². The predicted octanol–water partition coefficient (Wildman–Crippen LogP) is 3.71. The third-order valence-electron chi connectivity index (χ3n) is 4.47. The Hall–Kier alpha value is -3.41. The Morgan fingerprint density at radius 3 is 2.77 bits per heavy atom. The summed E-state index contributed by atoms with van der Waals surface area (Å²) in [5, 5.41) is 3.08. The SMILES string of the molecule is Cn1c(-c2cccc(OC(F)I)c2)nc2c(NC(=O)c3cnccn3)cccc2c1=O. The number of ether oxygens (including phenoxy) is 1. The molecule has 0 aliphatic carbocycles. The normalized spacial score (nSPS) is 11.8. The monoisotopic (exact) mass is 531 g/mol. The van der Waals surface area contributed by atoms with Crippen LogP contribution in [0.25, 0.3) is 22.3 Å². The van der Waals surface area contributed by atoms with E-state index >= 15 is 0 Å². The molecule has 31 heavy (non-hydrogen) atoms. The number of alkyl halides is 2. The fourth-order valence-corrected chi connectivity index (χ4v) is 3.36. The van der Waals surface area contributed by atoms with Crippen molar-refractivity contribution in [2.24, 2.45) is 7.05 Å². The maximum absolute atomic E-state index is 13.2. The Morgan fingerprint density at radius 2 is 2.03 bits per heavy atom. The van der Waals surface area contributed by atoms with Crippen molar-refractivity contribution in [1.82, 2.24) is 19.5 Å². The van der Waals surface area contributed by atoms with Crippen LogP contribution in [0.1, 0.15) is 10.5 Å². The number of para-hydroxylation sites is 1. The molecule has 1 amide bonds. The van der Waals surface area contributed by atoms with E-state index in [4.69, 9.17) is 4.74 Å². The van der Waals surface area contributed by atoms with Gasteiger partial charge >= 0.3 is 0 Å². The summed E-state index contributed by atoms with van der Waals surface area (Å²) in [6.07, 6.45) is 4.22. The lowest BCUT2D eigenvalue weighted by Crippen LogP contribution is -2.21. The van der Waals surface area contributed by atoms with Crippen LogP contribution in [0.3, 0.4) is 0 Å². The molecule has 0 aliphatic rings. The Kier molecular flexibility index (Phi) is 5.89. The summed E-state index contributed by atoms with van der Waals surface area (Å²) in [5.74, 6) is 0.169. The van der Waals surface area contributed by atoms with E-state index in [1.54, 1.807) is 49.5 Å². The maximum atomic E-state index is 13.2. The van der Waals surface area contributed by atoms with Crippen molar-refractivity contribution in [3.63, 3.8) is 0 Å². The van der Waals surface area contributed by atoms with E-state index < -0.39 is 10.3 Å². The molecule has 2 aromatic carbocycles. The molecule has 0 bridgehead atoms. The van der Waals surface area contributed by atoms with Crippen molar-refractivity contribution < 1.29 is 13.9 Å². The molecule has 0 fully saturated rings. The molecule has 0 radical (unpaired) electrons. The first-order chi connectivity index (χ1) is 14.9. The molecule has 0 aliphatic heterocycles. The fraction of sp³-hybridized carbons (Fsp3) is 0.0952. The summed E-state index contributed by atoms with van der Waals surface area (Å²) >= 11 is 1.51. The maximum Gasteiger partial charge on any atom is 0.288 e. The number of rotatable bonds is 5. The highest BCUT2D eigenvalue weighted by molar-refractivity contribution is 14.1. The molecule has 8 nitrogen and oxygen atoms in total. The zero-order valence-corrected chi connectivity index (χ0v) is 18.3. The number of anilines is 1. The van der Waals surface area contributed by atoms with Gasteiger partial charge in [-0.1, -0.05) is 18.2 Å². The van der Waals surface area contributed by atoms with Crippen LogP contribution in [0, 0.1) is 0 Å². The molecular weight excluding hydrogens is 516 g/mol. The first-order valence-electron chi connectivity index (χ1n) is 9.06. The van der Waals surface area contributed by atoms with Crippen LogP contribution in [0.5, 0.6) is 5.75 Å². The van der Waals surface area contributed by atoms with E-state index in [9.17, 15) is 14.0 Å². The van der Waals surface area contributed by atoms with Crippen molar-refractivity contribution in [2.75, 3.05) is 5.32 Å². The van der Waals surface area contributed by atoms with E-state index in [0.29, 0.717) is 33.7 Å². The quantitative estimate of drug-likeness (QED) is 0.312. The Bertz CT molecular complexity index is 1330. The van der Waals surface area contributed by atoms with Gasteiger partial charge in [0.1, 0.15) is 22.8 Å². The number of hydrogen-bond acceptors (Lipinski definition) is 6. The van der Waals surface area contributed by atoms with Gasteiger partial charge in [0, 0.05) is 47.6 Å². The average Bonchev–Trinajstić information content (AvgIpc) is 2.77.